The monoisotopic (exact) mass is 239 g/mol. The molecule has 2 aromatic rings. The lowest BCUT2D eigenvalue weighted by Crippen LogP contribution is -2.17. The van der Waals surface area contributed by atoms with Gasteiger partial charge in [-0.25, -0.2) is 14.2 Å². The molecular formula is C10H7ClFN3O. The third-order valence-electron chi connectivity index (χ3n) is 1.85. The molecule has 6 heteroatoms. The fraction of sp³-hybridized carbons (Fsp3) is 0. The number of amides is 1. The number of benzene rings is 1. The van der Waals surface area contributed by atoms with Gasteiger partial charge in [-0.1, -0.05) is 11.6 Å². The maximum absolute atomic E-state index is 13.0. The van der Waals surface area contributed by atoms with Gasteiger partial charge in [-0.2, -0.15) is 0 Å². The Hall–Kier alpha value is -1.88. The molecule has 0 aliphatic rings. The summed E-state index contributed by atoms with van der Waals surface area (Å²) in [5, 5.41) is 2.71. The van der Waals surface area contributed by atoms with Crippen LogP contribution < -0.4 is 5.32 Å². The van der Waals surface area contributed by atoms with Gasteiger partial charge in [-0.3, -0.25) is 4.57 Å². The first-order valence-electron chi connectivity index (χ1n) is 4.40. The minimum Gasteiger partial charge on any atom is -0.307 e. The number of halogens is 2. The summed E-state index contributed by atoms with van der Waals surface area (Å²) in [4.78, 5) is 15.3. The van der Waals surface area contributed by atoms with E-state index in [-0.39, 0.29) is 5.02 Å². The predicted molar refractivity (Wildman–Crippen MR) is 58.1 cm³/mol. The molecule has 0 radical (unpaired) electrons. The van der Waals surface area contributed by atoms with E-state index in [1.807, 2.05) is 0 Å². The standard InChI is InChI=1S/C10H7ClFN3O/c11-7-3-8(12)5-9(4-7)14-10(16)15-2-1-13-6-15/h1-6H,(H,14,16). The molecule has 0 fully saturated rings. The lowest BCUT2D eigenvalue weighted by Gasteiger charge is -2.05. The summed E-state index contributed by atoms with van der Waals surface area (Å²) in [7, 11) is 0. The van der Waals surface area contributed by atoms with Crippen LogP contribution in [0.3, 0.4) is 0 Å². The van der Waals surface area contributed by atoms with Gasteiger partial charge < -0.3 is 5.32 Å². The second-order valence-corrected chi connectivity index (χ2v) is 3.49. The van der Waals surface area contributed by atoms with Crippen LogP contribution in [-0.4, -0.2) is 15.6 Å². The third kappa shape index (κ3) is 2.38. The lowest BCUT2D eigenvalue weighted by atomic mass is 10.3. The zero-order valence-corrected chi connectivity index (χ0v) is 8.78. The van der Waals surface area contributed by atoms with Crippen molar-refractivity contribution in [1.82, 2.24) is 9.55 Å². The van der Waals surface area contributed by atoms with Gasteiger partial charge in [-0.15, -0.1) is 0 Å². The summed E-state index contributed by atoms with van der Waals surface area (Å²) in [5.74, 6) is -0.506. The Kier molecular flexibility index (Phi) is 2.87. The quantitative estimate of drug-likeness (QED) is 0.832. The Labute approximate surface area is 95.7 Å². The summed E-state index contributed by atoms with van der Waals surface area (Å²) in [6.45, 7) is 0. The van der Waals surface area contributed by atoms with Crippen LogP contribution in [0.5, 0.6) is 0 Å². The maximum Gasteiger partial charge on any atom is 0.331 e. The molecule has 1 heterocycles. The van der Waals surface area contributed by atoms with Crippen molar-refractivity contribution >= 4 is 23.3 Å². The van der Waals surface area contributed by atoms with Crippen molar-refractivity contribution in [1.29, 1.82) is 0 Å². The highest BCUT2D eigenvalue weighted by molar-refractivity contribution is 6.30. The average molecular weight is 240 g/mol. The van der Waals surface area contributed by atoms with Gasteiger partial charge in [0, 0.05) is 23.1 Å². The smallest absolute Gasteiger partial charge is 0.307 e. The largest absolute Gasteiger partial charge is 0.331 e. The Morgan fingerprint density at radius 1 is 1.44 bits per heavy atom. The van der Waals surface area contributed by atoms with E-state index in [4.69, 9.17) is 11.6 Å². The molecule has 1 aromatic heterocycles. The molecule has 2 rings (SSSR count). The highest BCUT2D eigenvalue weighted by Gasteiger charge is 2.05. The highest BCUT2D eigenvalue weighted by atomic mass is 35.5. The van der Waals surface area contributed by atoms with Crippen LogP contribution in [0.25, 0.3) is 0 Å². The molecule has 0 aliphatic heterocycles. The predicted octanol–water partition coefficient (Wildman–Crippen LogP) is 2.76. The minimum atomic E-state index is -0.506. The summed E-state index contributed by atoms with van der Waals surface area (Å²) >= 11 is 5.65. The average Bonchev–Trinajstić information content (AvgIpc) is 2.68. The molecule has 4 nitrogen and oxygen atoms in total. The van der Waals surface area contributed by atoms with Crippen LogP contribution in [0.1, 0.15) is 0 Å². The lowest BCUT2D eigenvalue weighted by molar-refractivity contribution is 0.253. The van der Waals surface area contributed by atoms with Crippen molar-refractivity contribution < 1.29 is 9.18 Å². The second kappa shape index (κ2) is 4.32. The van der Waals surface area contributed by atoms with Crippen LogP contribution in [0.4, 0.5) is 14.9 Å². The zero-order valence-electron chi connectivity index (χ0n) is 8.02. The highest BCUT2D eigenvalue weighted by Crippen LogP contribution is 2.18. The van der Waals surface area contributed by atoms with Gasteiger partial charge in [-0.05, 0) is 18.2 Å². The Morgan fingerprint density at radius 3 is 2.88 bits per heavy atom. The summed E-state index contributed by atoms with van der Waals surface area (Å²) < 4.78 is 14.2. The molecule has 16 heavy (non-hydrogen) atoms. The van der Waals surface area contributed by atoms with E-state index in [1.54, 1.807) is 0 Å². The molecule has 0 saturated carbocycles. The van der Waals surface area contributed by atoms with Crippen LogP contribution in [0.2, 0.25) is 5.02 Å². The number of carbonyl (C=O) groups excluding carboxylic acids is 1. The molecule has 0 atom stereocenters. The van der Waals surface area contributed by atoms with Crippen LogP contribution in [0.15, 0.2) is 36.9 Å². The van der Waals surface area contributed by atoms with Crippen molar-refractivity contribution in [3.63, 3.8) is 0 Å². The third-order valence-corrected chi connectivity index (χ3v) is 2.07. The fourth-order valence-corrected chi connectivity index (χ4v) is 1.42. The number of anilines is 1. The normalized spacial score (nSPS) is 10.1. The second-order valence-electron chi connectivity index (χ2n) is 3.06. The molecule has 1 N–H and O–H groups in total. The molecule has 0 saturated heterocycles. The van der Waals surface area contributed by atoms with Gasteiger partial charge in [0.15, 0.2) is 0 Å². The van der Waals surface area contributed by atoms with E-state index < -0.39 is 11.8 Å². The van der Waals surface area contributed by atoms with E-state index in [2.05, 4.69) is 10.3 Å². The Morgan fingerprint density at radius 2 is 2.25 bits per heavy atom. The van der Waals surface area contributed by atoms with E-state index in [1.165, 1.54) is 35.4 Å². The first-order valence-corrected chi connectivity index (χ1v) is 4.78. The summed E-state index contributed by atoms with van der Waals surface area (Å²) in [6, 6.07) is 3.37. The number of hydrogen-bond donors (Lipinski definition) is 1. The number of nitrogens with one attached hydrogen (secondary N) is 1. The minimum absolute atomic E-state index is 0.223. The Bertz CT molecular complexity index is 493. The number of nitrogens with zero attached hydrogens (tertiary/aromatic N) is 2. The van der Waals surface area contributed by atoms with Crippen LogP contribution >= 0.6 is 11.6 Å². The van der Waals surface area contributed by atoms with E-state index in [0.717, 1.165) is 6.07 Å². The van der Waals surface area contributed by atoms with E-state index >= 15 is 0 Å². The number of imidazole rings is 1. The fourth-order valence-electron chi connectivity index (χ4n) is 1.19. The van der Waals surface area contributed by atoms with Crippen molar-refractivity contribution in [3.05, 3.63) is 47.8 Å². The molecule has 0 aliphatic carbocycles. The van der Waals surface area contributed by atoms with Gasteiger partial charge in [0.2, 0.25) is 0 Å². The molecular weight excluding hydrogens is 233 g/mol. The molecule has 1 amide bonds. The molecule has 0 unspecified atom stereocenters. The van der Waals surface area contributed by atoms with Crippen LogP contribution in [-0.2, 0) is 0 Å². The van der Waals surface area contributed by atoms with Gasteiger partial charge >= 0.3 is 6.03 Å². The molecule has 1 aromatic carbocycles. The number of aromatic nitrogens is 2. The van der Waals surface area contributed by atoms with Gasteiger partial charge in [0.1, 0.15) is 12.1 Å². The summed E-state index contributed by atoms with van der Waals surface area (Å²) in [5.41, 5.74) is 0.295. The first kappa shape index (κ1) is 10.6. The molecule has 0 spiro atoms. The first-order chi connectivity index (χ1) is 7.65. The van der Waals surface area contributed by atoms with Crippen LogP contribution in [0, 0.1) is 5.82 Å². The molecule has 0 bridgehead atoms. The van der Waals surface area contributed by atoms with Crippen molar-refractivity contribution in [2.24, 2.45) is 0 Å². The zero-order chi connectivity index (χ0) is 11.5. The summed E-state index contributed by atoms with van der Waals surface area (Å²) in [6.07, 6.45) is 4.30. The van der Waals surface area contributed by atoms with Gasteiger partial charge in [0.05, 0.1) is 0 Å². The van der Waals surface area contributed by atoms with Crippen molar-refractivity contribution in [2.75, 3.05) is 5.32 Å². The number of hydrogen-bond acceptors (Lipinski definition) is 2. The number of carbonyl (C=O) groups is 1. The SMILES string of the molecule is O=C(Nc1cc(F)cc(Cl)c1)n1ccnc1. The van der Waals surface area contributed by atoms with Crippen molar-refractivity contribution in [3.8, 4) is 0 Å². The number of rotatable bonds is 1. The van der Waals surface area contributed by atoms with E-state index in [9.17, 15) is 9.18 Å². The topological polar surface area (TPSA) is 46.9 Å². The van der Waals surface area contributed by atoms with E-state index in [0.29, 0.717) is 5.69 Å². The Balaban J connectivity index is 2.18. The molecule has 82 valence electrons. The van der Waals surface area contributed by atoms with Gasteiger partial charge in [0.25, 0.3) is 0 Å². The maximum atomic E-state index is 13.0. The van der Waals surface area contributed by atoms with Crippen molar-refractivity contribution in [2.45, 2.75) is 0 Å².